The summed E-state index contributed by atoms with van der Waals surface area (Å²) in [6.45, 7) is 4.84. The van der Waals surface area contributed by atoms with Crippen molar-refractivity contribution in [2.75, 3.05) is 20.3 Å². The van der Waals surface area contributed by atoms with Crippen LogP contribution in [-0.4, -0.2) is 31.7 Å². The third kappa shape index (κ3) is 4.64. The fraction of sp³-hybridized carbons (Fsp3) is 0.278. The molecular formula is C18H21NO4. The number of benzene rings is 2. The molecule has 0 heterocycles. The van der Waals surface area contributed by atoms with Crippen molar-refractivity contribution < 1.29 is 19.4 Å². The molecule has 0 saturated carbocycles. The summed E-state index contributed by atoms with van der Waals surface area (Å²) in [6, 6.07) is 11.4. The van der Waals surface area contributed by atoms with E-state index in [1.54, 1.807) is 25.3 Å². The molecule has 2 aromatic rings. The molecule has 5 heteroatoms. The molecule has 5 nitrogen and oxygen atoms in total. The van der Waals surface area contributed by atoms with Crippen molar-refractivity contribution in [3.8, 4) is 17.2 Å². The van der Waals surface area contributed by atoms with Gasteiger partial charge >= 0.3 is 0 Å². The summed E-state index contributed by atoms with van der Waals surface area (Å²) in [7, 11) is 1.58. The van der Waals surface area contributed by atoms with E-state index in [2.05, 4.69) is 11.2 Å². The van der Waals surface area contributed by atoms with Crippen molar-refractivity contribution in [1.82, 2.24) is 0 Å². The highest BCUT2D eigenvalue weighted by molar-refractivity contribution is 5.80. The highest BCUT2D eigenvalue weighted by atomic mass is 16.5. The first-order valence-electron chi connectivity index (χ1n) is 7.32. The molecule has 0 amide bonds. The van der Waals surface area contributed by atoms with Gasteiger partial charge in [0, 0.05) is 5.56 Å². The minimum atomic E-state index is 0.378. The lowest BCUT2D eigenvalue weighted by Crippen LogP contribution is -2.10. The summed E-state index contributed by atoms with van der Waals surface area (Å²) in [4.78, 5) is 0. The maximum Gasteiger partial charge on any atom is 0.161 e. The second-order valence-electron chi connectivity index (χ2n) is 5.12. The van der Waals surface area contributed by atoms with Crippen LogP contribution in [0.2, 0.25) is 0 Å². The Morgan fingerprint density at radius 3 is 2.39 bits per heavy atom. The van der Waals surface area contributed by atoms with Crippen molar-refractivity contribution in [1.29, 1.82) is 0 Å². The molecular weight excluding hydrogens is 294 g/mol. The number of methoxy groups -OCH3 is 1. The van der Waals surface area contributed by atoms with Gasteiger partial charge < -0.3 is 19.4 Å². The van der Waals surface area contributed by atoms with Crippen molar-refractivity contribution in [2.24, 2.45) is 5.16 Å². The minimum absolute atomic E-state index is 0.378. The SMILES string of the molecule is COc1ccc(/C=N/O)cc1OCCOc1cc(C)ccc1C. The fourth-order valence-electron chi connectivity index (χ4n) is 2.12. The van der Waals surface area contributed by atoms with Gasteiger partial charge in [-0.05, 0) is 49.2 Å². The monoisotopic (exact) mass is 315 g/mol. The van der Waals surface area contributed by atoms with E-state index in [-0.39, 0.29) is 0 Å². The van der Waals surface area contributed by atoms with Crippen LogP contribution in [0.15, 0.2) is 41.6 Å². The lowest BCUT2D eigenvalue weighted by Gasteiger charge is -2.13. The standard InChI is InChI=1S/C18H21NO4/c1-13-4-5-14(2)17(10-13)22-8-9-23-18-11-15(12-19-20)6-7-16(18)21-3/h4-7,10-12,20H,8-9H2,1-3H3/b19-12+. The first-order chi connectivity index (χ1) is 11.1. The molecule has 0 saturated heterocycles. The summed E-state index contributed by atoms with van der Waals surface area (Å²) in [6.07, 6.45) is 1.33. The minimum Gasteiger partial charge on any atom is -0.493 e. The van der Waals surface area contributed by atoms with Gasteiger partial charge in [0.25, 0.3) is 0 Å². The number of ether oxygens (including phenoxy) is 3. The molecule has 2 rings (SSSR count). The van der Waals surface area contributed by atoms with Gasteiger partial charge in [-0.25, -0.2) is 0 Å². The number of aryl methyl sites for hydroxylation is 2. The van der Waals surface area contributed by atoms with E-state index in [0.29, 0.717) is 24.7 Å². The molecule has 23 heavy (non-hydrogen) atoms. The summed E-state index contributed by atoms with van der Waals surface area (Å²) < 4.78 is 16.7. The first-order valence-corrected chi connectivity index (χ1v) is 7.32. The van der Waals surface area contributed by atoms with Crippen LogP contribution in [0.3, 0.4) is 0 Å². The Hall–Kier alpha value is -2.69. The van der Waals surface area contributed by atoms with Crippen LogP contribution < -0.4 is 14.2 Å². The third-order valence-electron chi connectivity index (χ3n) is 3.34. The van der Waals surface area contributed by atoms with Crippen molar-refractivity contribution in [3.63, 3.8) is 0 Å². The molecule has 122 valence electrons. The summed E-state index contributed by atoms with van der Waals surface area (Å²) in [5.41, 5.74) is 2.97. The van der Waals surface area contributed by atoms with E-state index in [0.717, 1.165) is 22.4 Å². The molecule has 0 aliphatic carbocycles. The molecule has 0 aliphatic rings. The number of hydrogen-bond donors (Lipinski definition) is 1. The molecule has 0 unspecified atom stereocenters. The zero-order chi connectivity index (χ0) is 16.7. The van der Waals surface area contributed by atoms with E-state index in [1.165, 1.54) is 6.21 Å². The third-order valence-corrected chi connectivity index (χ3v) is 3.34. The van der Waals surface area contributed by atoms with Crippen LogP contribution >= 0.6 is 0 Å². The van der Waals surface area contributed by atoms with E-state index < -0.39 is 0 Å². The van der Waals surface area contributed by atoms with E-state index in [1.807, 2.05) is 26.0 Å². The maximum atomic E-state index is 8.60. The smallest absolute Gasteiger partial charge is 0.161 e. The summed E-state index contributed by atoms with van der Waals surface area (Å²) in [5, 5.41) is 11.6. The predicted molar refractivity (Wildman–Crippen MR) is 89.3 cm³/mol. The van der Waals surface area contributed by atoms with Gasteiger partial charge in [-0.3, -0.25) is 0 Å². The lowest BCUT2D eigenvalue weighted by molar-refractivity contribution is 0.210. The lowest BCUT2D eigenvalue weighted by atomic mass is 10.1. The van der Waals surface area contributed by atoms with Gasteiger partial charge in [0.2, 0.25) is 0 Å². The molecule has 0 spiro atoms. The van der Waals surface area contributed by atoms with Gasteiger partial charge in [0.15, 0.2) is 11.5 Å². The van der Waals surface area contributed by atoms with Crippen LogP contribution in [0.1, 0.15) is 16.7 Å². The van der Waals surface area contributed by atoms with Crippen molar-refractivity contribution >= 4 is 6.21 Å². The van der Waals surface area contributed by atoms with Gasteiger partial charge in [0.05, 0.1) is 13.3 Å². The largest absolute Gasteiger partial charge is 0.493 e. The summed E-state index contributed by atoms with van der Waals surface area (Å²) >= 11 is 0. The predicted octanol–water partition coefficient (Wildman–Crippen LogP) is 3.58. The Balaban J connectivity index is 1.95. The number of rotatable bonds is 7. The van der Waals surface area contributed by atoms with E-state index >= 15 is 0 Å². The highest BCUT2D eigenvalue weighted by Crippen LogP contribution is 2.27. The molecule has 0 bridgehead atoms. The Morgan fingerprint density at radius 2 is 1.70 bits per heavy atom. The van der Waals surface area contributed by atoms with Crippen LogP contribution in [-0.2, 0) is 0 Å². The second-order valence-corrected chi connectivity index (χ2v) is 5.12. The Kier molecular flexibility index (Phi) is 5.86. The molecule has 1 N–H and O–H groups in total. The molecule has 0 aromatic heterocycles. The molecule has 0 radical (unpaired) electrons. The van der Waals surface area contributed by atoms with Gasteiger partial charge in [0.1, 0.15) is 19.0 Å². The maximum absolute atomic E-state index is 8.60. The molecule has 2 aromatic carbocycles. The van der Waals surface area contributed by atoms with Crippen molar-refractivity contribution in [2.45, 2.75) is 13.8 Å². The Labute approximate surface area is 136 Å². The normalized spacial score (nSPS) is 10.7. The van der Waals surface area contributed by atoms with E-state index in [4.69, 9.17) is 19.4 Å². The topological polar surface area (TPSA) is 60.3 Å². The first kappa shape index (κ1) is 16.7. The highest BCUT2D eigenvalue weighted by Gasteiger charge is 2.06. The molecule has 0 aliphatic heterocycles. The number of nitrogens with zero attached hydrogens (tertiary/aromatic N) is 1. The van der Waals surface area contributed by atoms with Crippen LogP contribution in [0.5, 0.6) is 17.2 Å². The number of hydrogen-bond acceptors (Lipinski definition) is 5. The van der Waals surface area contributed by atoms with Crippen molar-refractivity contribution in [3.05, 3.63) is 53.1 Å². The Morgan fingerprint density at radius 1 is 0.957 bits per heavy atom. The van der Waals surface area contributed by atoms with E-state index in [9.17, 15) is 0 Å². The van der Waals surface area contributed by atoms with Gasteiger partial charge in [-0.15, -0.1) is 0 Å². The Bertz CT molecular complexity index is 683. The van der Waals surface area contributed by atoms with Crippen LogP contribution in [0.4, 0.5) is 0 Å². The number of oxime groups is 1. The average molecular weight is 315 g/mol. The fourth-order valence-corrected chi connectivity index (χ4v) is 2.12. The van der Waals surface area contributed by atoms with Crippen LogP contribution in [0.25, 0.3) is 0 Å². The van der Waals surface area contributed by atoms with Crippen LogP contribution in [0, 0.1) is 13.8 Å². The zero-order valence-corrected chi connectivity index (χ0v) is 13.6. The van der Waals surface area contributed by atoms with Gasteiger partial charge in [-0.1, -0.05) is 17.3 Å². The zero-order valence-electron chi connectivity index (χ0n) is 13.6. The summed E-state index contributed by atoms with van der Waals surface area (Å²) in [5.74, 6) is 2.06. The van der Waals surface area contributed by atoms with Gasteiger partial charge in [-0.2, -0.15) is 0 Å². The molecule has 0 atom stereocenters. The average Bonchev–Trinajstić information content (AvgIpc) is 2.55. The quantitative estimate of drug-likeness (QED) is 0.367. The molecule has 0 fully saturated rings. The second kappa shape index (κ2) is 8.08.